The number of rotatable bonds is 6. The molecule has 0 aliphatic heterocycles. The largest absolute Gasteiger partial charge is 0.317 e. The van der Waals surface area contributed by atoms with E-state index < -0.39 is 0 Å². The SMILES string of the molecule is C.C=N.CC.CCCC1CCC2C(CCC3C2CCC2(C)C3CCCC2[C@H](C)CNN=C(C)C)C1. The average Bonchev–Trinajstić information content (AvgIpc) is 2.85. The van der Waals surface area contributed by atoms with Crippen LogP contribution in [0.1, 0.15) is 133 Å². The third kappa shape index (κ3) is 7.35. The maximum Gasteiger partial charge on any atom is 0.0358 e. The average molecular weight is 490 g/mol. The van der Waals surface area contributed by atoms with E-state index in [0.29, 0.717) is 5.41 Å². The van der Waals surface area contributed by atoms with Gasteiger partial charge in [-0.25, -0.2) is 0 Å². The molecule has 3 heteroatoms. The van der Waals surface area contributed by atoms with E-state index in [1.165, 1.54) is 38.5 Å². The highest BCUT2D eigenvalue weighted by Crippen LogP contribution is 2.64. The number of hydrogen-bond donors (Lipinski definition) is 2. The zero-order valence-corrected chi connectivity index (χ0v) is 24.0. The summed E-state index contributed by atoms with van der Waals surface area (Å²) in [5.74, 6) is 7.97. The first-order valence-electron chi connectivity index (χ1n) is 15.0. The maximum atomic E-state index is 5.50. The molecule has 35 heavy (non-hydrogen) atoms. The summed E-state index contributed by atoms with van der Waals surface area (Å²) in [7, 11) is 0. The highest BCUT2D eigenvalue weighted by molar-refractivity contribution is 5.78. The predicted molar refractivity (Wildman–Crippen MR) is 157 cm³/mol. The normalized spacial score (nSPS) is 38.2. The predicted octanol–water partition coefficient (Wildman–Crippen LogP) is 9.61. The molecular weight excluding hydrogens is 426 g/mol. The molecule has 3 nitrogen and oxygen atoms in total. The van der Waals surface area contributed by atoms with Gasteiger partial charge >= 0.3 is 0 Å². The van der Waals surface area contributed by atoms with Crippen LogP contribution in [0.3, 0.4) is 0 Å². The molecule has 4 aliphatic rings. The number of nitrogens with one attached hydrogen (secondary N) is 2. The first kappa shape index (κ1) is 32.2. The van der Waals surface area contributed by atoms with Crippen molar-refractivity contribution < 1.29 is 0 Å². The molecule has 4 aliphatic carbocycles. The molecule has 0 aromatic carbocycles. The van der Waals surface area contributed by atoms with Crippen molar-refractivity contribution in [2.24, 2.45) is 57.9 Å². The van der Waals surface area contributed by atoms with Crippen molar-refractivity contribution >= 4 is 12.4 Å². The van der Waals surface area contributed by atoms with Crippen LogP contribution < -0.4 is 5.43 Å². The Morgan fingerprint density at radius 1 is 1.00 bits per heavy atom. The molecule has 0 heterocycles. The first-order valence-corrected chi connectivity index (χ1v) is 15.0. The maximum absolute atomic E-state index is 5.50. The lowest BCUT2D eigenvalue weighted by molar-refractivity contribution is -0.120. The van der Waals surface area contributed by atoms with Gasteiger partial charge in [-0.15, -0.1) is 0 Å². The van der Waals surface area contributed by atoms with Crippen molar-refractivity contribution in [3.05, 3.63) is 0 Å². The van der Waals surface area contributed by atoms with E-state index in [0.717, 1.165) is 59.6 Å². The Kier molecular flexibility index (Phi) is 14.2. The summed E-state index contributed by atoms with van der Waals surface area (Å²) in [4.78, 5) is 0. The number of fused-ring (bicyclic) bond motifs is 5. The van der Waals surface area contributed by atoms with Gasteiger partial charge in [0.2, 0.25) is 0 Å². The van der Waals surface area contributed by atoms with E-state index in [1.807, 2.05) is 13.8 Å². The van der Waals surface area contributed by atoms with Crippen LogP contribution in [0.4, 0.5) is 0 Å². The Morgan fingerprint density at radius 2 is 1.69 bits per heavy atom. The zero-order valence-electron chi connectivity index (χ0n) is 24.0. The third-order valence-corrected chi connectivity index (χ3v) is 10.5. The molecule has 0 aromatic heterocycles. The Labute approximate surface area is 220 Å². The summed E-state index contributed by atoms with van der Waals surface area (Å²) in [5.41, 5.74) is 5.11. The number of hydrazone groups is 1. The first-order chi connectivity index (χ1) is 16.4. The molecule has 206 valence electrons. The quantitative estimate of drug-likeness (QED) is 0.283. The summed E-state index contributed by atoms with van der Waals surface area (Å²) in [5, 5.41) is 9.98. The minimum atomic E-state index is 0. The Morgan fingerprint density at radius 3 is 2.34 bits per heavy atom. The summed E-state index contributed by atoms with van der Waals surface area (Å²) in [6, 6.07) is 0. The summed E-state index contributed by atoms with van der Waals surface area (Å²) >= 11 is 0. The van der Waals surface area contributed by atoms with Gasteiger partial charge in [-0.1, -0.05) is 67.7 Å². The van der Waals surface area contributed by atoms with E-state index in [4.69, 9.17) is 5.41 Å². The fourth-order valence-corrected chi connectivity index (χ4v) is 9.28. The highest BCUT2D eigenvalue weighted by Gasteiger charge is 2.55. The van der Waals surface area contributed by atoms with Crippen molar-refractivity contribution in [3.8, 4) is 0 Å². The van der Waals surface area contributed by atoms with Crippen LogP contribution in [-0.4, -0.2) is 19.0 Å². The summed E-state index contributed by atoms with van der Waals surface area (Å²) in [6.45, 7) is 19.3. The van der Waals surface area contributed by atoms with Crippen LogP contribution in [-0.2, 0) is 0 Å². The second-order valence-electron chi connectivity index (χ2n) is 12.4. The van der Waals surface area contributed by atoms with E-state index >= 15 is 0 Å². The second kappa shape index (κ2) is 15.4. The molecule has 4 rings (SSSR count). The monoisotopic (exact) mass is 490 g/mol. The number of hydrogen-bond acceptors (Lipinski definition) is 3. The van der Waals surface area contributed by atoms with Gasteiger partial charge in [-0.05, 0) is 125 Å². The molecule has 4 saturated carbocycles. The van der Waals surface area contributed by atoms with Gasteiger partial charge in [0.1, 0.15) is 0 Å². The molecule has 2 N–H and O–H groups in total. The van der Waals surface area contributed by atoms with Gasteiger partial charge in [0.05, 0.1) is 0 Å². The van der Waals surface area contributed by atoms with Crippen LogP contribution in [0.25, 0.3) is 0 Å². The summed E-state index contributed by atoms with van der Waals surface area (Å²) < 4.78 is 0. The molecule has 8 unspecified atom stereocenters. The smallest absolute Gasteiger partial charge is 0.0358 e. The van der Waals surface area contributed by atoms with Crippen molar-refractivity contribution in [1.82, 2.24) is 5.43 Å². The molecule has 9 atom stereocenters. The van der Waals surface area contributed by atoms with E-state index in [-0.39, 0.29) is 7.43 Å². The van der Waals surface area contributed by atoms with Gasteiger partial charge in [-0.2, -0.15) is 5.10 Å². The molecule has 0 saturated heterocycles. The lowest BCUT2D eigenvalue weighted by Gasteiger charge is -2.61. The zero-order chi connectivity index (χ0) is 25.3. The van der Waals surface area contributed by atoms with Crippen LogP contribution in [0, 0.1) is 58.2 Å². The van der Waals surface area contributed by atoms with Gasteiger partial charge in [0.25, 0.3) is 0 Å². The Balaban J connectivity index is 0.00000117. The Hall–Kier alpha value is -0.860. The van der Waals surface area contributed by atoms with Crippen molar-refractivity contribution in [2.45, 2.75) is 133 Å². The highest BCUT2D eigenvalue weighted by atomic mass is 15.3. The Bertz CT molecular complexity index is 612. The topological polar surface area (TPSA) is 48.2 Å². The summed E-state index contributed by atoms with van der Waals surface area (Å²) in [6.07, 6.45) is 18.2. The van der Waals surface area contributed by atoms with Crippen LogP contribution in [0.5, 0.6) is 0 Å². The van der Waals surface area contributed by atoms with Gasteiger partial charge < -0.3 is 10.8 Å². The van der Waals surface area contributed by atoms with Crippen molar-refractivity contribution in [3.63, 3.8) is 0 Å². The lowest BCUT2D eigenvalue weighted by atomic mass is 9.44. The minimum Gasteiger partial charge on any atom is -0.317 e. The molecular formula is C32H63N3. The van der Waals surface area contributed by atoms with Gasteiger partial charge in [-0.3, -0.25) is 0 Å². The molecule has 0 aromatic rings. The van der Waals surface area contributed by atoms with E-state index in [2.05, 4.69) is 51.9 Å². The van der Waals surface area contributed by atoms with Gasteiger partial charge in [0.15, 0.2) is 0 Å². The fourth-order valence-electron chi connectivity index (χ4n) is 9.28. The van der Waals surface area contributed by atoms with Crippen LogP contribution >= 0.6 is 0 Å². The van der Waals surface area contributed by atoms with Crippen LogP contribution in [0.15, 0.2) is 5.10 Å². The lowest BCUT2D eigenvalue weighted by Crippen LogP contribution is -2.54. The molecule has 4 fully saturated rings. The third-order valence-electron chi connectivity index (χ3n) is 10.5. The van der Waals surface area contributed by atoms with Crippen molar-refractivity contribution in [1.29, 1.82) is 5.41 Å². The van der Waals surface area contributed by atoms with E-state index in [1.54, 1.807) is 38.5 Å². The van der Waals surface area contributed by atoms with Crippen molar-refractivity contribution in [2.75, 3.05) is 6.54 Å². The van der Waals surface area contributed by atoms with Crippen LogP contribution in [0.2, 0.25) is 0 Å². The molecule has 0 radical (unpaired) electrons. The standard InChI is InChI=1S/C28H50N2.C2H6.CH3N.CH4/c1-6-8-21-11-13-23-22(17-21)12-14-25-24(23)15-16-28(5)26(9-7-10-27(25)28)20(4)18-29-30-19(2)3;2*1-2;/h20-27,29H,6-18H2,1-5H3;1-2H3;2H,1H2;1H4/t20-,21?,22?,23?,24?,25?,26?,27?,28?;;;/m1.../s1. The molecule has 0 spiro atoms. The number of nitrogens with zero attached hydrogens (tertiary/aromatic N) is 1. The molecule has 0 amide bonds. The fraction of sp³-hybridized carbons (Fsp3) is 0.938. The second-order valence-corrected chi connectivity index (χ2v) is 12.4. The minimum absolute atomic E-state index is 0. The van der Waals surface area contributed by atoms with Gasteiger partial charge in [0, 0.05) is 12.3 Å². The molecule has 0 bridgehead atoms. The van der Waals surface area contributed by atoms with E-state index in [9.17, 15) is 0 Å².